The van der Waals surface area contributed by atoms with Crippen LogP contribution in [-0.4, -0.2) is 13.1 Å². The molecule has 1 N–H and O–H groups in total. The van der Waals surface area contributed by atoms with Crippen LogP contribution < -0.4 is 10.2 Å². The zero-order valence-corrected chi connectivity index (χ0v) is 15.2. The van der Waals surface area contributed by atoms with E-state index >= 15 is 0 Å². The van der Waals surface area contributed by atoms with Crippen LogP contribution >= 0.6 is 0 Å². The fourth-order valence-electron chi connectivity index (χ4n) is 3.62. The minimum Gasteiger partial charge on any atom is -0.350 e. The first-order valence-electron chi connectivity index (χ1n) is 8.55. The molecule has 0 aromatic heterocycles. The molecule has 0 spiro atoms. The molecule has 1 fully saturated rings. The number of nitrogens with zero attached hydrogens (tertiary/aromatic N) is 1. The van der Waals surface area contributed by atoms with Crippen molar-refractivity contribution in [2.75, 3.05) is 18.0 Å². The van der Waals surface area contributed by atoms with E-state index in [2.05, 4.69) is 76.0 Å². The third-order valence-electron chi connectivity index (χ3n) is 5.74. The Labute approximate surface area is 140 Å². The minimum absolute atomic E-state index is 0.273. The molecule has 1 atom stereocenters. The molecule has 0 radical (unpaired) electrons. The molecule has 1 unspecified atom stereocenters. The fraction of sp³-hybridized carbons (Fsp3) is 0.429. The van der Waals surface area contributed by atoms with Crippen molar-refractivity contribution in [1.29, 1.82) is 0 Å². The summed E-state index contributed by atoms with van der Waals surface area (Å²) < 4.78 is 0. The summed E-state index contributed by atoms with van der Waals surface area (Å²) in [5, 5.41) is 3.70. The van der Waals surface area contributed by atoms with Gasteiger partial charge >= 0.3 is 0 Å². The molecule has 0 amide bonds. The number of hydrogen-bond acceptors (Lipinski definition) is 2. The summed E-state index contributed by atoms with van der Waals surface area (Å²) in [6.07, 6.45) is 0.273. The predicted octanol–water partition coefficient (Wildman–Crippen LogP) is 4.65. The maximum atomic E-state index is 3.70. The maximum absolute atomic E-state index is 3.70. The lowest BCUT2D eigenvalue weighted by Gasteiger charge is -2.30. The molecule has 2 heteroatoms. The first kappa shape index (κ1) is 16.1. The van der Waals surface area contributed by atoms with Crippen LogP contribution in [0.25, 0.3) is 0 Å². The van der Waals surface area contributed by atoms with E-state index in [1.54, 1.807) is 0 Å². The molecule has 0 bridgehead atoms. The number of benzene rings is 2. The Morgan fingerprint density at radius 3 is 2.09 bits per heavy atom. The molecule has 3 rings (SSSR count). The van der Waals surface area contributed by atoms with Crippen molar-refractivity contribution in [3.05, 3.63) is 63.2 Å². The maximum Gasteiger partial charge on any atom is 0.106 e. The van der Waals surface area contributed by atoms with Crippen molar-refractivity contribution < 1.29 is 0 Å². The summed E-state index contributed by atoms with van der Waals surface area (Å²) in [7, 11) is 0. The summed E-state index contributed by atoms with van der Waals surface area (Å²) in [4.78, 5) is 2.53. The highest BCUT2D eigenvalue weighted by Crippen LogP contribution is 2.34. The molecular formula is C21H28N2. The lowest BCUT2D eigenvalue weighted by molar-refractivity contribution is 0.638. The van der Waals surface area contributed by atoms with Crippen LogP contribution in [0.1, 0.15) is 45.1 Å². The summed E-state index contributed by atoms with van der Waals surface area (Å²) >= 11 is 0. The van der Waals surface area contributed by atoms with Gasteiger partial charge in [-0.1, -0.05) is 18.2 Å². The first-order valence-corrected chi connectivity index (χ1v) is 8.55. The van der Waals surface area contributed by atoms with Gasteiger partial charge in [-0.2, -0.15) is 0 Å². The van der Waals surface area contributed by atoms with Gasteiger partial charge in [0, 0.05) is 18.8 Å². The zero-order chi connectivity index (χ0) is 16.7. The molecular weight excluding hydrogens is 280 g/mol. The molecule has 1 saturated heterocycles. The van der Waals surface area contributed by atoms with E-state index in [1.165, 1.54) is 44.6 Å². The van der Waals surface area contributed by atoms with Crippen LogP contribution in [0.15, 0.2) is 24.3 Å². The van der Waals surface area contributed by atoms with Crippen LogP contribution in [0, 0.1) is 41.5 Å². The number of hydrogen-bond donors (Lipinski definition) is 1. The summed E-state index contributed by atoms with van der Waals surface area (Å²) in [6.45, 7) is 15.4. The molecule has 2 aromatic rings. The van der Waals surface area contributed by atoms with Crippen LogP contribution in [0.3, 0.4) is 0 Å². The third kappa shape index (κ3) is 2.66. The summed E-state index contributed by atoms with van der Waals surface area (Å²) in [6, 6.07) is 9.08. The lowest BCUT2D eigenvalue weighted by Crippen LogP contribution is -2.29. The van der Waals surface area contributed by atoms with Gasteiger partial charge in [-0.25, -0.2) is 0 Å². The van der Waals surface area contributed by atoms with Gasteiger partial charge in [0.05, 0.1) is 0 Å². The van der Waals surface area contributed by atoms with E-state index in [9.17, 15) is 0 Å². The van der Waals surface area contributed by atoms with E-state index in [-0.39, 0.29) is 6.17 Å². The van der Waals surface area contributed by atoms with E-state index in [0.717, 1.165) is 13.1 Å². The highest BCUT2D eigenvalue weighted by atomic mass is 15.3. The number of aryl methyl sites for hydroxylation is 2. The molecule has 0 saturated carbocycles. The molecule has 2 nitrogen and oxygen atoms in total. The van der Waals surface area contributed by atoms with Gasteiger partial charge in [-0.05, 0) is 86.6 Å². The largest absolute Gasteiger partial charge is 0.350 e. The molecule has 0 aliphatic carbocycles. The lowest BCUT2D eigenvalue weighted by atomic mass is 9.96. The Kier molecular flexibility index (Phi) is 4.20. The Hall–Kier alpha value is -1.80. The minimum atomic E-state index is 0.273. The highest BCUT2D eigenvalue weighted by Gasteiger charge is 2.28. The van der Waals surface area contributed by atoms with E-state index in [1.807, 2.05) is 0 Å². The molecule has 122 valence electrons. The molecule has 1 heterocycles. The van der Waals surface area contributed by atoms with Crippen LogP contribution in [0.2, 0.25) is 0 Å². The Morgan fingerprint density at radius 1 is 0.783 bits per heavy atom. The second-order valence-corrected chi connectivity index (χ2v) is 6.92. The average molecular weight is 308 g/mol. The average Bonchev–Trinajstić information content (AvgIpc) is 3.00. The number of nitrogens with one attached hydrogen (secondary N) is 1. The normalized spacial score (nSPS) is 17.8. The van der Waals surface area contributed by atoms with Crippen LogP contribution in [0.5, 0.6) is 0 Å². The van der Waals surface area contributed by atoms with Crippen molar-refractivity contribution in [3.63, 3.8) is 0 Å². The van der Waals surface area contributed by atoms with Gasteiger partial charge in [-0.3, -0.25) is 5.32 Å². The van der Waals surface area contributed by atoms with E-state index in [4.69, 9.17) is 0 Å². The zero-order valence-electron chi connectivity index (χ0n) is 15.2. The predicted molar refractivity (Wildman–Crippen MR) is 99.4 cm³/mol. The standard InChI is InChI=1S/C21H28N2/c1-13-7-9-19(17(5)15(13)3)21-22-11-12-23(21)20-10-8-14(2)16(4)18(20)6/h7-10,21-22H,11-12H2,1-6H3. The van der Waals surface area contributed by atoms with Crippen molar-refractivity contribution in [1.82, 2.24) is 5.32 Å². The van der Waals surface area contributed by atoms with Gasteiger partial charge < -0.3 is 4.90 Å². The molecule has 1 aliphatic rings. The van der Waals surface area contributed by atoms with E-state index in [0.29, 0.717) is 0 Å². The Bertz CT molecular complexity index is 682. The third-order valence-corrected chi connectivity index (χ3v) is 5.74. The number of rotatable bonds is 2. The quantitative estimate of drug-likeness (QED) is 0.869. The second-order valence-electron chi connectivity index (χ2n) is 6.92. The van der Waals surface area contributed by atoms with Crippen molar-refractivity contribution >= 4 is 5.69 Å². The van der Waals surface area contributed by atoms with Gasteiger partial charge in [0.15, 0.2) is 0 Å². The van der Waals surface area contributed by atoms with Crippen molar-refractivity contribution in [3.8, 4) is 0 Å². The molecule has 2 aromatic carbocycles. The second kappa shape index (κ2) is 6.01. The van der Waals surface area contributed by atoms with Crippen molar-refractivity contribution in [2.45, 2.75) is 47.7 Å². The summed E-state index contributed by atoms with van der Waals surface area (Å²) in [5.41, 5.74) is 11.1. The van der Waals surface area contributed by atoms with Gasteiger partial charge in [-0.15, -0.1) is 0 Å². The van der Waals surface area contributed by atoms with Gasteiger partial charge in [0.25, 0.3) is 0 Å². The fourth-order valence-corrected chi connectivity index (χ4v) is 3.62. The molecule has 1 aliphatic heterocycles. The smallest absolute Gasteiger partial charge is 0.106 e. The topological polar surface area (TPSA) is 15.3 Å². The molecule has 23 heavy (non-hydrogen) atoms. The van der Waals surface area contributed by atoms with Crippen LogP contribution in [-0.2, 0) is 0 Å². The number of anilines is 1. The van der Waals surface area contributed by atoms with Gasteiger partial charge in [0.1, 0.15) is 6.17 Å². The van der Waals surface area contributed by atoms with Crippen LogP contribution in [0.4, 0.5) is 5.69 Å². The Morgan fingerprint density at radius 2 is 1.39 bits per heavy atom. The first-order chi connectivity index (χ1) is 10.9. The monoisotopic (exact) mass is 308 g/mol. The van der Waals surface area contributed by atoms with E-state index < -0.39 is 0 Å². The summed E-state index contributed by atoms with van der Waals surface area (Å²) in [5.74, 6) is 0. The van der Waals surface area contributed by atoms with Crippen molar-refractivity contribution in [2.24, 2.45) is 0 Å². The SMILES string of the molecule is Cc1ccc(C2NCCN2c2ccc(C)c(C)c2C)c(C)c1C. The van der Waals surface area contributed by atoms with Gasteiger partial charge in [0.2, 0.25) is 0 Å². The Balaban J connectivity index is 2.05. The highest BCUT2D eigenvalue weighted by molar-refractivity contribution is 5.60.